The lowest BCUT2D eigenvalue weighted by Crippen LogP contribution is -2.39. The van der Waals surface area contributed by atoms with E-state index in [1.807, 2.05) is 41.3 Å². The Labute approximate surface area is 276 Å². The summed E-state index contributed by atoms with van der Waals surface area (Å²) in [4.78, 5) is 40.5. The average molecular weight is 637 g/mol. The summed E-state index contributed by atoms with van der Waals surface area (Å²) in [6, 6.07) is 26.4. The predicted molar refractivity (Wildman–Crippen MR) is 183 cm³/mol. The number of nitrogens with one attached hydrogen (secondary N) is 2. The van der Waals surface area contributed by atoms with Gasteiger partial charge in [-0.1, -0.05) is 87.4 Å². The molecule has 9 heteroatoms. The van der Waals surface area contributed by atoms with Crippen LogP contribution in [0, 0.1) is 0 Å². The van der Waals surface area contributed by atoms with Crippen molar-refractivity contribution in [3.8, 4) is 11.1 Å². The maximum atomic E-state index is 13.3. The van der Waals surface area contributed by atoms with Gasteiger partial charge in [-0.05, 0) is 71.3 Å². The SMILES string of the molecule is CCCCC(CC)N(Cc1ccc(NC(=O)[C@@H](N)CCNC(=O)OCC2c3ccccc3-c3ccccc32)cc1)C(=O)c1ccco1. The number of nitrogens with zero attached hydrogens (tertiary/aromatic N) is 1. The molecule has 1 aliphatic carbocycles. The van der Waals surface area contributed by atoms with Gasteiger partial charge in [-0.25, -0.2) is 4.79 Å². The van der Waals surface area contributed by atoms with Crippen molar-refractivity contribution >= 4 is 23.6 Å². The summed E-state index contributed by atoms with van der Waals surface area (Å²) >= 11 is 0. The number of anilines is 1. The molecule has 1 aliphatic rings. The van der Waals surface area contributed by atoms with Gasteiger partial charge in [-0.3, -0.25) is 9.59 Å². The van der Waals surface area contributed by atoms with Crippen molar-refractivity contribution in [2.75, 3.05) is 18.5 Å². The first kappa shape index (κ1) is 33.5. The number of rotatable bonds is 15. The standard InChI is InChI=1S/C38H44N4O5/c1-3-5-11-28(4-2)42(37(44)35-16-10-23-46-35)24-26-17-19-27(20-18-26)41-36(43)34(39)21-22-40-38(45)47-25-33-31-14-8-6-12-29(31)30-13-7-9-15-32(30)33/h6-10,12-20,23,28,33-34H,3-5,11,21-22,24-25,39H2,1-2H3,(H,40,45)(H,41,43)/t28?,34-/m0/s1. The van der Waals surface area contributed by atoms with E-state index in [1.54, 1.807) is 24.3 Å². The Bertz CT molecular complexity index is 1590. The lowest BCUT2D eigenvalue weighted by Gasteiger charge is -2.31. The van der Waals surface area contributed by atoms with E-state index in [0.717, 1.165) is 42.4 Å². The summed E-state index contributed by atoms with van der Waals surface area (Å²) in [5.41, 5.74) is 12.3. The first-order valence-electron chi connectivity index (χ1n) is 16.5. The Morgan fingerprint density at radius 1 is 0.894 bits per heavy atom. The van der Waals surface area contributed by atoms with Crippen molar-refractivity contribution in [2.45, 2.75) is 70.5 Å². The van der Waals surface area contributed by atoms with Crippen LogP contribution in [0.3, 0.4) is 0 Å². The first-order valence-corrected chi connectivity index (χ1v) is 16.5. The van der Waals surface area contributed by atoms with E-state index < -0.39 is 12.1 Å². The second-order valence-corrected chi connectivity index (χ2v) is 11.9. The summed E-state index contributed by atoms with van der Waals surface area (Å²) in [5.74, 6) is -0.187. The van der Waals surface area contributed by atoms with Gasteiger partial charge in [0.25, 0.3) is 5.91 Å². The van der Waals surface area contributed by atoms with Crippen molar-refractivity contribution in [2.24, 2.45) is 5.73 Å². The number of fused-ring (bicyclic) bond motifs is 3. The summed E-state index contributed by atoms with van der Waals surface area (Å²) in [6.45, 7) is 5.08. The van der Waals surface area contributed by atoms with Gasteiger partial charge in [0.05, 0.1) is 12.3 Å². The highest BCUT2D eigenvalue weighted by molar-refractivity contribution is 5.94. The number of benzene rings is 3. The van der Waals surface area contributed by atoms with Gasteiger partial charge in [-0.15, -0.1) is 0 Å². The molecule has 0 saturated heterocycles. The lowest BCUT2D eigenvalue weighted by atomic mass is 9.98. The normalized spacial score (nSPS) is 13.3. The molecular formula is C38H44N4O5. The molecule has 246 valence electrons. The quantitative estimate of drug-likeness (QED) is 0.128. The molecule has 0 spiro atoms. The zero-order chi connectivity index (χ0) is 33.2. The van der Waals surface area contributed by atoms with Crippen molar-refractivity contribution in [3.05, 3.63) is 114 Å². The van der Waals surface area contributed by atoms with Crippen molar-refractivity contribution in [1.29, 1.82) is 0 Å². The molecule has 0 fully saturated rings. The lowest BCUT2D eigenvalue weighted by molar-refractivity contribution is -0.117. The van der Waals surface area contributed by atoms with Crippen LogP contribution < -0.4 is 16.4 Å². The molecule has 0 aliphatic heterocycles. The Hall–Kier alpha value is -4.89. The molecule has 0 radical (unpaired) electrons. The van der Waals surface area contributed by atoms with Crippen LogP contribution in [0.2, 0.25) is 0 Å². The summed E-state index contributed by atoms with van der Waals surface area (Å²) in [5, 5.41) is 5.56. The number of unbranched alkanes of at least 4 members (excludes halogenated alkanes) is 1. The smallest absolute Gasteiger partial charge is 0.407 e. The highest BCUT2D eigenvalue weighted by Gasteiger charge is 2.29. The molecule has 2 atom stereocenters. The highest BCUT2D eigenvalue weighted by Crippen LogP contribution is 2.44. The summed E-state index contributed by atoms with van der Waals surface area (Å²) < 4.78 is 11.0. The number of furan rings is 1. The maximum absolute atomic E-state index is 13.3. The molecule has 9 nitrogen and oxygen atoms in total. The number of carbonyl (C=O) groups excluding carboxylic acids is 3. The Morgan fingerprint density at radius 2 is 1.57 bits per heavy atom. The molecule has 1 heterocycles. The van der Waals surface area contributed by atoms with Crippen molar-refractivity contribution in [1.82, 2.24) is 10.2 Å². The van der Waals surface area contributed by atoms with Crippen LogP contribution in [0.15, 0.2) is 95.6 Å². The molecule has 1 unspecified atom stereocenters. The third kappa shape index (κ3) is 8.29. The third-order valence-corrected chi connectivity index (χ3v) is 8.78. The average Bonchev–Trinajstić information content (AvgIpc) is 3.75. The molecule has 47 heavy (non-hydrogen) atoms. The van der Waals surface area contributed by atoms with Gasteiger partial charge in [0.1, 0.15) is 6.61 Å². The Morgan fingerprint density at radius 3 is 2.19 bits per heavy atom. The van der Waals surface area contributed by atoms with E-state index in [0.29, 0.717) is 18.0 Å². The fourth-order valence-corrected chi connectivity index (χ4v) is 6.16. The summed E-state index contributed by atoms with van der Waals surface area (Å²) in [6.07, 6.45) is 5.06. The largest absolute Gasteiger partial charge is 0.459 e. The number of nitrogens with two attached hydrogens (primary N) is 1. The number of amides is 3. The summed E-state index contributed by atoms with van der Waals surface area (Å²) in [7, 11) is 0. The van der Waals surface area contributed by atoms with E-state index in [2.05, 4.69) is 48.7 Å². The third-order valence-electron chi connectivity index (χ3n) is 8.78. The number of ether oxygens (including phenoxy) is 1. The van der Waals surface area contributed by atoms with Gasteiger partial charge in [0.15, 0.2) is 5.76 Å². The van der Waals surface area contributed by atoms with Crippen molar-refractivity contribution < 1.29 is 23.5 Å². The topological polar surface area (TPSA) is 127 Å². The van der Waals surface area contributed by atoms with Gasteiger partial charge >= 0.3 is 6.09 Å². The second kappa shape index (κ2) is 16.1. The minimum Gasteiger partial charge on any atom is -0.459 e. The van der Waals surface area contributed by atoms with E-state index in [9.17, 15) is 14.4 Å². The van der Waals surface area contributed by atoms with Gasteiger partial charge in [0, 0.05) is 30.7 Å². The van der Waals surface area contributed by atoms with Crippen molar-refractivity contribution in [3.63, 3.8) is 0 Å². The Balaban J connectivity index is 1.08. The molecule has 0 saturated carbocycles. The molecule has 4 aromatic rings. The van der Waals surface area contributed by atoms with Gasteiger partial charge in [-0.2, -0.15) is 0 Å². The maximum Gasteiger partial charge on any atom is 0.407 e. The molecule has 1 aromatic heterocycles. The minimum absolute atomic E-state index is 0.0266. The number of hydrogen-bond acceptors (Lipinski definition) is 6. The molecule has 4 N–H and O–H groups in total. The van der Waals surface area contributed by atoms with E-state index in [1.165, 1.54) is 17.4 Å². The van der Waals surface area contributed by atoms with Gasteiger partial charge < -0.3 is 30.4 Å². The van der Waals surface area contributed by atoms with Crippen LogP contribution in [0.5, 0.6) is 0 Å². The van der Waals surface area contributed by atoms with Crippen LogP contribution >= 0.6 is 0 Å². The number of carbonyl (C=O) groups is 3. The number of hydrogen-bond donors (Lipinski definition) is 3. The fourth-order valence-electron chi connectivity index (χ4n) is 6.16. The van der Waals surface area contributed by atoms with Crippen LogP contribution in [0.4, 0.5) is 10.5 Å². The fraction of sp³-hybridized carbons (Fsp3) is 0.342. The van der Waals surface area contributed by atoms with Crippen LogP contribution in [-0.4, -0.2) is 48.0 Å². The van der Waals surface area contributed by atoms with E-state index in [4.69, 9.17) is 14.9 Å². The van der Waals surface area contributed by atoms with E-state index in [-0.39, 0.29) is 43.3 Å². The number of alkyl carbamates (subject to hydrolysis) is 1. The molecule has 3 aromatic carbocycles. The predicted octanol–water partition coefficient (Wildman–Crippen LogP) is 7.09. The second-order valence-electron chi connectivity index (χ2n) is 11.9. The van der Waals surface area contributed by atoms with Crippen LogP contribution in [-0.2, 0) is 16.1 Å². The molecule has 5 rings (SSSR count). The zero-order valence-electron chi connectivity index (χ0n) is 27.1. The molecule has 0 bridgehead atoms. The monoisotopic (exact) mass is 636 g/mol. The van der Waals surface area contributed by atoms with Crippen LogP contribution in [0.1, 0.15) is 79.1 Å². The first-order chi connectivity index (χ1) is 22.9. The van der Waals surface area contributed by atoms with Crippen LogP contribution in [0.25, 0.3) is 11.1 Å². The minimum atomic E-state index is -0.825. The zero-order valence-corrected chi connectivity index (χ0v) is 27.1. The highest BCUT2D eigenvalue weighted by atomic mass is 16.5. The molecular weight excluding hydrogens is 592 g/mol. The molecule has 3 amide bonds. The van der Waals surface area contributed by atoms with E-state index >= 15 is 0 Å². The Kier molecular flexibility index (Phi) is 11.5. The van der Waals surface area contributed by atoms with Gasteiger partial charge in [0.2, 0.25) is 5.91 Å².